The van der Waals surface area contributed by atoms with E-state index in [2.05, 4.69) is 42.3 Å². The number of anilines is 4. The Hall–Kier alpha value is -6.74. The van der Waals surface area contributed by atoms with E-state index in [0.717, 1.165) is 34.2 Å². The monoisotopic (exact) mass is 1130 g/mol. The van der Waals surface area contributed by atoms with Gasteiger partial charge in [0.1, 0.15) is 5.71 Å². The summed E-state index contributed by atoms with van der Waals surface area (Å²) in [5, 5.41) is 51.7. The Morgan fingerprint density at radius 2 is 0.808 bits per heavy atom. The van der Waals surface area contributed by atoms with Gasteiger partial charge in [-0.2, -0.15) is 57.8 Å². The molecule has 0 bridgehead atoms. The van der Waals surface area contributed by atoms with Crippen molar-refractivity contribution in [3.8, 4) is 0 Å². The Kier molecular flexibility index (Phi) is 29.8. The number of hydrogen-bond acceptors (Lipinski definition) is 16. The van der Waals surface area contributed by atoms with Crippen LogP contribution < -0.4 is 58.5 Å². The van der Waals surface area contributed by atoms with Gasteiger partial charge in [-0.1, -0.05) is 48.5 Å². The van der Waals surface area contributed by atoms with Gasteiger partial charge in [0.15, 0.2) is 0 Å². The predicted octanol–water partition coefficient (Wildman–Crippen LogP) is 5.33. The normalized spacial score (nSPS) is 11.4. The molecule has 0 unspecified atom stereocenters. The average Bonchev–Trinajstić information content (AvgIpc) is 3.35. The van der Waals surface area contributed by atoms with Crippen LogP contribution in [0.4, 0.5) is 75.4 Å². The summed E-state index contributed by atoms with van der Waals surface area (Å²) in [6.07, 6.45) is -19.2. The van der Waals surface area contributed by atoms with E-state index in [1.165, 1.54) is 12.1 Å². The van der Waals surface area contributed by atoms with E-state index in [4.69, 9.17) is 20.1 Å². The van der Waals surface area contributed by atoms with Gasteiger partial charge in [0.25, 0.3) is 0 Å². The molecule has 78 heavy (non-hydrogen) atoms. The van der Waals surface area contributed by atoms with E-state index in [1.807, 2.05) is 5.43 Å². The Morgan fingerprint density at radius 3 is 1.13 bits per heavy atom. The number of nitrogens with one attached hydrogen (secondary N) is 10. The number of carbonyl (C=O) groups is 3. The van der Waals surface area contributed by atoms with Crippen LogP contribution >= 0.6 is 0 Å². The first-order valence-corrected chi connectivity index (χ1v) is 22.9. The van der Waals surface area contributed by atoms with Crippen molar-refractivity contribution in [2.45, 2.75) is 92.0 Å². The molecule has 428 valence electrons. The van der Waals surface area contributed by atoms with Gasteiger partial charge in [-0.3, -0.25) is 51.9 Å². The molecule has 0 fully saturated rings. The van der Waals surface area contributed by atoms with Crippen LogP contribution in [0.25, 0.3) is 0 Å². The van der Waals surface area contributed by atoms with Crippen LogP contribution in [0.2, 0.25) is 27.3 Å². The first kappa shape index (κ1) is 69.3. The van der Waals surface area contributed by atoms with Crippen LogP contribution in [0.1, 0.15) is 36.1 Å². The van der Waals surface area contributed by atoms with Crippen molar-refractivity contribution < 1.29 is 87.2 Å². The van der Waals surface area contributed by atoms with Crippen LogP contribution in [0.5, 0.6) is 0 Å². The molecule has 0 aliphatic heterocycles. The number of alkyl halides is 12. The van der Waals surface area contributed by atoms with Gasteiger partial charge in [0.05, 0.1) is 22.7 Å². The smallest absolute Gasteiger partial charge is 0.437 e. The molecule has 19 nitrogen and oxygen atoms in total. The molecule has 0 saturated heterocycles. The third kappa shape index (κ3) is 30.9. The molecule has 0 atom stereocenters. The average molecular weight is 1130 g/mol. The number of amides is 3. The van der Waals surface area contributed by atoms with Gasteiger partial charge in [0, 0.05) is 32.7 Å². The highest BCUT2D eigenvalue weighted by Crippen LogP contribution is 2.21. The summed E-state index contributed by atoms with van der Waals surface area (Å²) in [7, 11) is -2.73. The van der Waals surface area contributed by atoms with E-state index in [1.54, 1.807) is 130 Å². The summed E-state index contributed by atoms with van der Waals surface area (Å²) in [6.45, 7) is 10.4. The van der Waals surface area contributed by atoms with Gasteiger partial charge in [-0.25, -0.2) is 0 Å². The fourth-order valence-electron chi connectivity index (χ4n) is 5.29. The first-order valence-electron chi connectivity index (χ1n) is 22.9. The third-order valence-corrected chi connectivity index (χ3v) is 9.14. The number of hydrazine groups is 3. The molecule has 0 spiro atoms. The summed E-state index contributed by atoms with van der Waals surface area (Å²) in [5.41, 5.74) is 15.2. The summed E-state index contributed by atoms with van der Waals surface area (Å²) in [4.78, 5) is 32.2. The second-order valence-corrected chi connectivity index (χ2v) is 16.1. The van der Waals surface area contributed by atoms with Crippen molar-refractivity contribution >= 4 is 74.4 Å². The Labute approximate surface area is 442 Å². The SMILES string of the molecule is CB(O)NCc1cccc(N/N=C(\C)C(F)(F)F)c1.CB(O)NCc1cccc(NNC(=O)C(F)(F)F)c1.CB(O)NCc1cccc(NNC(=O)C(F)(F)F)c1.CCN(NC(=O)C(F)(F)F)c1cccc(CNB(C)O)c1. The number of rotatable bonds is 21. The molecule has 0 radical (unpaired) electrons. The number of hydrazone groups is 1. The molecule has 0 aliphatic carbocycles. The van der Waals surface area contributed by atoms with Gasteiger partial charge < -0.3 is 41.0 Å². The second kappa shape index (κ2) is 33.5. The lowest BCUT2D eigenvalue weighted by Crippen LogP contribution is -2.48. The summed E-state index contributed by atoms with van der Waals surface area (Å²) < 4.78 is 145. The summed E-state index contributed by atoms with van der Waals surface area (Å²) >= 11 is 0. The van der Waals surface area contributed by atoms with E-state index >= 15 is 0 Å². The Morgan fingerprint density at radius 1 is 0.487 bits per heavy atom. The van der Waals surface area contributed by atoms with E-state index in [-0.39, 0.29) is 6.54 Å². The maximum atomic E-state index is 12.3. The molecule has 0 saturated carbocycles. The lowest BCUT2D eigenvalue weighted by Gasteiger charge is -2.24. The number of nitrogens with zero attached hydrogens (tertiary/aromatic N) is 2. The zero-order valence-corrected chi connectivity index (χ0v) is 42.5. The molecule has 4 aromatic carbocycles. The minimum Gasteiger partial charge on any atom is -0.437 e. The maximum Gasteiger partial charge on any atom is 0.472 e. The third-order valence-electron chi connectivity index (χ3n) is 9.14. The summed E-state index contributed by atoms with van der Waals surface area (Å²) in [6, 6.07) is 26.2. The highest BCUT2D eigenvalue weighted by atomic mass is 19.4. The lowest BCUT2D eigenvalue weighted by atomic mass is 9.88. The van der Waals surface area contributed by atoms with Crippen molar-refractivity contribution in [2.24, 2.45) is 5.10 Å². The van der Waals surface area contributed by atoms with Crippen LogP contribution in [-0.4, -0.2) is 103 Å². The maximum absolute atomic E-state index is 12.3. The molecule has 0 aromatic heterocycles. The fraction of sp³-hybridized carbons (Fsp3) is 0.349. The largest absolute Gasteiger partial charge is 0.472 e. The van der Waals surface area contributed by atoms with Crippen molar-refractivity contribution in [2.75, 3.05) is 27.8 Å². The molecule has 0 heterocycles. The Balaban J connectivity index is 0.000000520. The number of halogens is 12. The number of carbonyl (C=O) groups excluding carboxylic acids is 3. The molecule has 4 aromatic rings. The fourth-order valence-corrected chi connectivity index (χ4v) is 5.29. The van der Waals surface area contributed by atoms with Crippen LogP contribution in [0.15, 0.2) is 102 Å². The predicted molar refractivity (Wildman–Crippen MR) is 274 cm³/mol. The molecular formula is C43H58B4F12N12O7. The first-order chi connectivity index (χ1) is 36.1. The van der Waals surface area contributed by atoms with Crippen LogP contribution in [-0.2, 0) is 40.6 Å². The molecule has 14 N–H and O–H groups in total. The molecule has 4 rings (SSSR count). The number of benzene rings is 4. The zero-order chi connectivity index (χ0) is 59.4. The zero-order valence-electron chi connectivity index (χ0n) is 42.5. The van der Waals surface area contributed by atoms with Gasteiger partial charge in [0.2, 0.25) is 0 Å². The van der Waals surface area contributed by atoms with E-state index < -0.39 is 76.3 Å². The highest BCUT2D eigenvalue weighted by molar-refractivity contribution is 6.46. The summed E-state index contributed by atoms with van der Waals surface area (Å²) in [5.74, 6) is -6.16. The minimum absolute atomic E-state index is 0.176. The second-order valence-electron chi connectivity index (χ2n) is 16.1. The van der Waals surface area contributed by atoms with Crippen molar-refractivity contribution in [1.29, 1.82) is 0 Å². The topological polar surface area (TPSA) is 268 Å². The number of hydrogen-bond donors (Lipinski definition) is 14. The standard InChI is InChI=1S/C12H17BF3N3O2.C11H15BF3N3O.2C10H13BF3N3O2/c1-3-19(18-11(20)12(14,15)16)10-6-4-5-9(7-10)8-17-13(2)21;1-8(11(13,14)15)17-18-10-5-3-4-9(6-10)7-16-12(2)19;2*1-11(19)15-6-7-3-2-4-8(5-7)16-17-9(18)10(12,13)14/h4-7,17,21H,3,8H2,1-2H3,(H,18,20);3-6,16,18-19H,7H2,1-2H3;2*2-5,15-16,19H,6H2,1H3,(H,17,18)/b;17-8+;;. The van der Waals surface area contributed by atoms with Gasteiger partial charge in [-0.05, 0) is 112 Å². The highest BCUT2D eigenvalue weighted by Gasteiger charge is 2.40. The van der Waals surface area contributed by atoms with Crippen LogP contribution in [0.3, 0.4) is 0 Å². The van der Waals surface area contributed by atoms with E-state index in [0.29, 0.717) is 48.9 Å². The molecule has 0 aliphatic rings. The lowest BCUT2D eigenvalue weighted by molar-refractivity contribution is -0.173. The molecule has 35 heteroatoms. The van der Waals surface area contributed by atoms with Crippen molar-refractivity contribution in [1.82, 2.24) is 37.2 Å². The van der Waals surface area contributed by atoms with Gasteiger partial charge >= 0.3 is 70.6 Å². The quantitative estimate of drug-likeness (QED) is 0.0218. The van der Waals surface area contributed by atoms with Crippen molar-refractivity contribution in [3.05, 3.63) is 119 Å². The Bertz CT molecular complexity index is 2400. The minimum atomic E-state index is -4.93. The van der Waals surface area contributed by atoms with Crippen LogP contribution in [0, 0.1) is 0 Å². The van der Waals surface area contributed by atoms with E-state index in [9.17, 15) is 67.1 Å². The van der Waals surface area contributed by atoms with Crippen molar-refractivity contribution in [3.63, 3.8) is 0 Å². The molecule has 3 amide bonds. The van der Waals surface area contributed by atoms with Gasteiger partial charge in [-0.15, -0.1) is 0 Å². The molecular weight excluding hydrogens is 1070 g/mol.